The summed E-state index contributed by atoms with van der Waals surface area (Å²) in [6.07, 6.45) is 2.40. The van der Waals surface area contributed by atoms with E-state index in [1.54, 1.807) is 31.2 Å². The molecular weight excluding hydrogens is 338 g/mol. The summed E-state index contributed by atoms with van der Waals surface area (Å²) in [6, 6.07) is 12.0. The number of non-ortho nitro benzene ring substituents is 1. The molecule has 130 valence electrons. The zero-order valence-corrected chi connectivity index (χ0v) is 13.6. The minimum atomic E-state index is -0.734. The molecule has 0 spiro atoms. The second-order valence-corrected chi connectivity index (χ2v) is 5.39. The summed E-state index contributed by atoms with van der Waals surface area (Å²) < 4.78 is 1.13. The van der Waals surface area contributed by atoms with Gasteiger partial charge in [-0.25, -0.2) is 4.68 Å². The van der Waals surface area contributed by atoms with Gasteiger partial charge >= 0.3 is 0 Å². The summed E-state index contributed by atoms with van der Waals surface area (Å²) in [5, 5.41) is 19.0. The minimum Gasteiger partial charge on any atom is -0.267 e. The number of amides is 2. The number of carbonyl (C=O) groups is 2. The molecule has 26 heavy (non-hydrogen) atoms. The van der Waals surface area contributed by atoms with Gasteiger partial charge < -0.3 is 0 Å². The Balaban J connectivity index is 2.07. The van der Waals surface area contributed by atoms with Crippen LogP contribution < -0.4 is 5.01 Å². The fraction of sp³-hybridized carbons (Fsp3) is 0.0588. The molecule has 2 amide bonds. The van der Waals surface area contributed by atoms with E-state index in [0.29, 0.717) is 11.1 Å². The Morgan fingerprint density at radius 3 is 2.38 bits per heavy atom. The van der Waals surface area contributed by atoms with Gasteiger partial charge in [0.05, 0.1) is 4.92 Å². The highest BCUT2D eigenvalue weighted by molar-refractivity contribution is 6.21. The smallest absolute Gasteiger partial charge is 0.267 e. The van der Waals surface area contributed by atoms with E-state index in [1.165, 1.54) is 30.9 Å². The van der Waals surface area contributed by atoms with Crippen molar-refractivity contribution >= 4 is 17.5 Å². The Morgan fingerprint density at radius 2 is 1.73 bits per heavy atom. The SMILES string of the molecule is Cc1ccccc1C(=O)N(C(=O)c1cccc([N+](=O)[O-])c1)n1cnnc1. The molecule has 0 fully saturated rings. The molecule has 0 radical (unpaired) electrons. The Morgan fingerprint density at radius 1 is 1.04 bits per heavy atom. The van der Waals surface area contributed by atoms with Gasteiger partial charge in [0.15, 0.2) is 0 Å². The second-order valence-electron chi connectivity index (χ2n) is 5.39. The van der Waals surface area contributed by atoms with Gasteiger partial charge in [-0.05, 0) is 24.6 Å². The van der Waals surface area contributed by atoms with E-state index in [-0.39, 0.29) is 11.3 Å². The van der Waals surface area contributed by atoms with Gasteiger partial charge in [-0.2, -0.15) is 5.01 Å². The molecule has 3 rings (SSSR count). The van der Waals surface area contributed by atoms with Gasteiger partial charge in [0.25, 0.3) is 17.5 Å². The van der Waals surface area contributed by atoms with Crippen LogP contribution in [0.25, 0.3) is 0 Å². The number of imide groups is 1. The highest BCUT2D eigenvalue weighted by Gasteiger charge is 2.28. The first-order valence-electron chi connectivity index (χ1n) is 7.53. The number of rotatable bonds is 4. The number of aromatic nitrogens is 3. The highest BCUT2D eigenvalue weighted by Crippen LogP contribution is 2.17. The van der Waals surface area contributed by atoms with Gasteiger partial charge in [0, 0.05) is 23.3 Å². The topological polar surface area (TPSA) is 111 Å². The van der Waals surface area contributed by atoms with Gasteiger partial charge in [0.2, 0.25) is 0 Å². The molecular formula is C17H13N5O4. The molecule has 0 saturated heterocycles. The molecule has 0 atom stereocenters. The minimum absolute atomic E-state index is 0.00478. The number of hydrogen-bond donors (Lipinski definition) is 0. The van der Waals surface area contributed by atoms with E-state index >= 15 is 0 Å². The molecule has 0 saturated carbocycles. The van der Waals surface area contributed by atoms with Crippen LogP contribution in [0.1, 0.15) is 26.3 Å². The molecule has 2 aromatic carbocycles. The number of nitrogens with zero attached hydrogens (tertiary/aromatic N) is 5. The molecule has 1 aromatic heterocycles. The third-order valence-corrected chi connectivity index (χ3v) is 3.70. The molecule has 9 heteroatoms. The van der Waals surface area contributed by atoms with E-state index in [0.717, 1.165) is 15.8 Å². The zero-order valence-electron chi connectivity index (χ0n) is 13.6. The molecule has 0 unspecified atom stereocenters. The summed E-state index contributed by atoms with van der Waals surface area (Å²) in [7, 11) is 0. The Labute approximate surface area is 147 Å². The monoisotopic (exact) mass is 351 g/mol. The van der Waals surface area contributed by atoms with Crippen LogP contribution >= 0.6 is 0 Å². The molecule has 0 aliphatic rings. The van der Waals surface area contributed by atoms with Crippen LogP contribution in [0.4, 0.5) is 5.69 Å². The van der Waals surface area contributed by atoms with Crippen molar-refractivity contribution in [2.24, 2.45) is 0 Å². The Hall–Kier alpha value is -3.88. The van der Waals surface area contributed by atoms with Gasteiger partial charge in [0.1, 0.15) is 12.7 Å². The summed E-state index contributed by atoms with van der Waals surface area (Å²) in [4.78, 5) is 36.3. The van der Waals surface area contributed by atoms with E-state index in [9.17, 15) is 19.7 Å². The number of nitro groups is 1. The van der Waals surface area contributed by atoms with E-state index < -0.39 is 16.7 Å². The normalized spacial score (nSPS) is 10.3. The predicted molar refractivity (Wildman–Crippen MR) is 91.2 cm³/mol. The molecule has 0 N–H and O–H groups in total. The maximum Gasteiger partial charge on any atom is 0.280 e. The Kier molecular flexibility index (Phi) is 4.52. The highest BCUT2D eigenvalue weighted by atomic mass is 16.6. The van der Waals surface area contributed by atoms with Crippen LogP contribution in [0, 0.1) is 17.0 Å². The second kappa shape index (κ2) is 6.93. The van der Waals surface area contributed by atoms with Crippen molar-refractivity contribution in [3.05, 3.63) is 88.0 Å². The lowest BCUT2D eigenvalue weighted by Crippen LogP contribution is -2.45. The number of benzene rings is 2. The maximum absolute atomic E-state index is 13.0. The van der Waals surface area contributed by atoms with E-state index in [4.69, 9.17) is 0 Å². The maximum atomic E-state index is 13.0. The van der Waals surface area contributed by atoms with Crippen LogP contribution in [-0.2, 0) is 0 Å². The molecule has 0 aliphatic heterocycles. The number of aryl methyl sites for hydroxylation is 1. The van der Waals surface area contributed by atoms with Crippen molar-refractivity contribution in [3.63, 3.8) is 0 Å². The molecule has 0 bridgehead atoms. The quantitative estimate of drug-likeness (QED) is 0.404. The lowest BCUT2D eigenvalue weighted by Gasteiger charge is -2.21. The standard InChI is InChI=1S/C17H13N5O4/c1-12-5-2-3-8-15(12)17(24)21(20-10-18-19-11-20)16(23)13-6-4-7-14(9-13)22(25)26/h2-11H,1H3. The first-order valence-corrected chi connectivity index (χ1v) is 7.53. The molecule has 9 nitrogen and oxygen atoms in total. The van der Waals surface area contributed by atoms with Crippen molar-refractivity contribution in [3.8, 4) is 0 Å². The van der Waals surface area contributed by atoms with Crippen molar-refractivity contribution < 1.29 is 14.5 Å². The van der Waals surface area contributed by atoms with Crippen LogP contribution in [0.2, 0.25) is 0 Å². The first-order chi connectivity index (χ1) is 12.5. The predicted octanol–water partition coefficient (Wildman–Crippen LogP) is 2.11. The van der Waals surface area contributed by atoms with Crippen LogP contribution in [-0.4, -0.2) is 31.6 Å². The number of nitro benzene ring substituents is 1. The molecule has 0 aliphatic carbocycles. The third kappa shape index (κ3) is 3.18. The summed E-state index contributed by atoms with van der Waals surface area (Å²) >= 11 is 0. The third-order valence-electron chi connectivity index (χ3n) is 3.70. The summed E-state index contributed by atoms with van der Waals surface area (Å²) in [6.45, 7) is 1.75. The van der Waals surface area contributed by atoms with Crippen molar-refractivity contribution in [1.82, 2.24) is 14.9 Å². The number of hydrogen-bond acceptors (Lipinski definition) is 6. The summed E-state index contributed by atoms with van der Waals surface area (Å²) in [5.41, 5.74) is 0.750. The van der Waals surface area contributed by atoms with E-state index in [2.05, 4.69) is 10.2 Å². The lowest BCUT2D eigenvalue weighted by molar-refractivity contribution is -0.384. The number of carbonyl (C=O) groups excluding carboxylic acids is 2. The van der Waals surface area contributed by atoms with Gasteiger partial charge in [-0.1, -0.05) is 24.3 Å². The fourth-order valence-corrected chi connectivity index (χ4v) is 2.40. The molecule has 3 aromatic rings. The van der Waals surface area contributed by atoms with Crippen molar-refractivity contribution in [1.29, 1.82) is 0 Å². The van der Waals surface area contributed by atoms with Crippen molar-refractivity contribution in [2.45, 2.75) is 6.92 Å². The zero-order chi connectivity index (χ0) is 18.7. The van der Waals surface area contributed by atoms with Crippen LogP contribution in [0.5, 0.6) is 0 Å². The van der Waals surface area contributed by atoms with Crippen LogP contribution in [0.3, 0.4) is 0 Å². The van der Waals surface area contributed by atoms with Gasteiger partial charge in [-0.15, -0.1) is 10.2 Å². The van der Waals surface area contributed by atoms with Gasteiger partial charge in [-0.3, -0.25) is 19.7 Å². The van der Waals surface area contributed by atoms with Crippen LogP contribution in [0.15, 0.2) is 61.2 Å². The first kappa shape index (κ1) is 17.0. The lowest BCUT2D eigenvalue weighted by atomic mass is 10.1. The largest absolute Gasteiger partial charge is 0.280 e. The molecule has 1 heterocycles. The Bertz CT molecular complexity index is 984. The fourth-order valence-electron chi connectivity index (χ4n) is 2.40. The summed E-state index contributed by atoms with van der Waals surface area (Å²) in [5.74, 6) is -1.33. The average molecular weight is 351 g/mol. The van der Waals surface area contributed by atoms with E-state index in [1.807, 2.05) is 0 Å². The average Bonchev–Trinajstić information content (AvgIpc) is 3.16. The van der Waals surface area contributed by atoms with Crippen molar-refractivity contribution in [2.75, 3.05) is 5.01 Å².